The topological polar surface area (TPSA) is 48.9 Å². The van der Waals surface area contributed by atoms with Crippen molar-refractivity contribution in [1.29, 1.82) is 0 Å². The van der Waals surface area contributed by atoms with Gasteiger partial charge in [0.05, 0.1) is 17.1 Å². The highest BCUT2D eigenvalue weighted by atomic mass is 32.2. The second kappa shape index (κ2) is 4.70. The van der Waals surface area contributed by atoms with Crippen molar-refractivity contribution in [1.82, 2.24) is 9.97 Å². The molecule has 0 spiro atoms. The monoisotopic (exact) mass is 250 g/mol. The number of para-hydroxylation sites is 2. The van der Waals surface area contributed by atoms with Gasteiger partial charge in [-0.1, -0.05) is 44.7 Å². The number of hydrogen-bond donors (Lipinski definition) is 2. The van der Waals surface area contributed by atoms with Crippen molar-refractivity contribution >= 4 is 22.8 Å². The van der Waals surface area contributed by atoms with Crippen LogP contribution < -0.4 is 0 Å². The van der Waals surface area contributed by atoms with Crippen LogP contribution in [-0.2, 0) is 0 Å². The molecule has 0 aliphatic heterocycles. The fourth-order valence-corrected chi connectivity index (χ4v) is 2.57. The Morgan fingerprint density at radius 3 is 2.71 bits per heavy atom. The molecule has 0 bridgehead atoms. The summed E-state index contributed by atoms with van der Waals surface area (Å²) in [6.07, 6.45) is -0.333. The van der Waals surface area contributed by atoms with Crippen LogP contribution in [0.5, 0.6) is 0 Å². The lowest BCUT2D eigenvalue weighted by molar-refractivity contribution is 0.0842. The van der Waals surface area contributed by atoms with E-state index in [1.165, 1.54) is 0 Å². The highest BCUT2D eigenvalue weighted by Gasteiger charge is 2.22. The molecule has 1 atom stereocenters. The molecule has 2 rings (SSSR count). The second-order valence-corrected chi connectivity index (χ2v) is 6.26. The first-order valence-electron chi connectivity index (χ1n) is 5.72. The quantitative estimate of drug-likeness (QED) is 0.823. The molecule has 0 aliphatic rings. The Morgan fingerprint density at radius 2 is 2.06 bits per heavy atom. The number of aliphatic hydroxyl groups is 1. The first-order chi connectivity index (χ1) is 7.97. The van der Waals surface area contributed by atoms with Crippen molar-refractivity contribution in [2.45, 2.75) is 32.0 Å². The summed E-state index contributed by atoms with van der Waals surface area (Å²) in [7, 11) is 0. The van der Waals surface area contributed by atoms with Gasteiger partial charge in [0.2, 0.25) is 0 Å². The second-order valence-electron chi connectivity index (χ2n) is 5.25. The van der Waals surface area contributed by atoms with Gasteiger partial charge in [0, 0.05) is 5.75 Å². The highest BCUT2D eigenvalue weighted by Crippen LogP contribution is 2.26. The van der Waals surface area contributed by atoms with E-state index in [2.05, 4.69) is 9.97 Å². The van der Waals surface area contributed by atoms with E-state index in [0.717, 1.165) is 16.2 Å². The fraction of sp³-hybridized carbons (Fsp3) is 0.462. The van der Waals surface area contributed by atoms with Gasteiger partial charge in [-0.3, -0.25) is 0 Å². The Hall–Kier alpha value is -1.00. The molecule has 0 fully saturated rings. The van der Waals surface area contributed by atoms with Crippen LogP contribution in [0.25, 0.3) is 11.0 Å². The normalized spacial score (nSPS) is 14.1. The number of aromatic nitrogens is 2. The summed E-state index contributed by atoms with van der Waals surface area (Å²) in [5.74, 6) is 0.656. The molecule has 0 radical (unpaired) electrons. The fourth-order valence-electron chi connectivity index (χ4n) is 1.41. The van der Waals surface area contributed by atoms with Crippen LogP contribution in [0.4, 0.5) is 0 Å². The van der Waals surface area contributed by atoms with Gasteiger partial charge >= 0.3 is 0 Å². The molecule has 0 saturated heterocycles. The molecule has 2 aromatic rings. The number of thioether (sulfide) groups is 1. The molecule has 4 heteroatoms. The lowest BCUT2D eigenvalue weighted by Crippen LogP contribution is -2.28. The van der Waals surface area contributed by atoms with Crippen molar-refractivity contribution < 1.29 is 5.11 Å². The van der Waals surface area contributed by atoms with Crippen LogP contribution in [0.15, 0.2) is 29.4 Å². The van der Waals surface area contributed by atoms with E-state index in [0.29, 0.717) is 5.75 Å². The number of aliphatic hydroxyl groups excluding tert-OH is 1. The van der Waals surface area contributed by atoms with Gasteiger partial charge in [0.25, 0.3) is 0 Å². The Balaban J connectivity index is 2.04. The summed E-state index contributed by atoms with van der Waals surface area (Å²) < 4.78 is 0. The first kappa shape index (κ1) is 12.5. The lowest BCUT2D eigenvalue weighted by atomic mass is 9.90. The molecule has 3 nitrogen and oxygen atoms in total. The summed E-state index contributed by atoms with van der Waals surface area (Å²) in [5.41, 5.74) is 1.93. The van der Waals surface area contributed by atoms with Gasteiger partial charge in [0.1, 0.15) is 0 Å². The third kappa shape index (κ3) is 3.01. The van der Waals surface area contributed by atoms with E-state index in [4.69, 9.17) is 0 Å². The standard InChI is InChI=1S/C13H18N2OS/c1-13(2,3)11(16)8-17-12-14-9-6-4-5-7-10(9)15-12/h4-7,11,16H,8H2,1-3H3,(H,14,15)/t11-/m0/s1. The van der Waals surface area contributed by atoms with E-state index < -0.39 is 0 Å². The maximum Gasteiger partial charge on any atom is 0.166 e. The molecule has 0 aliphatic carbocycles. The van der Waals surface area contributed by atoms with Crippen LogP contribution in [0.1, 0.15) is 20.8 Å². The van der Waals surface area contributed by atoms with E-state index in [-0.39, 0.29) is 11.5 Å². The summed E-state index contributed by atoms with van der Waals surface area (Å²) in [5, 5.41) is 10.8. The smallest absolute Gasteiger partial charge is 0.166 e. The maximum atomic E-state index is 9.96. The molecule has 1 heterocycles. The number of H-pyrrole nitrogens is 1. The van der Waals surface area contributed by atoms with Crippen LogP contribution in [0.2, 0.25) is 0 Å². The van der Waals surface area contributed by atoms with Crippen molar-refractivity contribution in [2.75, 3.05) is 5.75 Å². The van der Waals surface area contributed by atoms with Crippen LogP contribution >= 0.6 is 11.8 Å². The predicted octanol–water partition coefficient (Wildman–Crippen LogP) is 3.06. The number of nitrogens with zero attached hydrogens (tertiary/aromatic N) is 1. The average Bonchev–Trinajstić information content (AvgIpc) is 2.66. The molecule has 92 valence electrons. The SMILES string of the molecule is CC(C)(C)[C@@H](O)CSc1nc2ccccc2[nH]1. The zero-order valence-electron chi connectivity index (χ0n) is 10.4. The van der Waals surface area contributed by atoms with E-state index in [9.17, 15) is 5.11 Å². The van der Waals surface area contributed by atoms with Gasteiger partial charge < -0.3 is 10.1 Å². The van der Waals surface area contributed by atoms with Gasteiger partial charge in [-0.05, 0) is 17.5 Å². The molecule has 1 aromatic carbocycles. The Bertz CT molecular complexity index is 468. The molecular formula is C13H18N2OS. The Labute approximate surface area is 106 Å². The third-order valence-electron chi connectivity index (χ3n) is 2.75. The minimum atomic E-state index is -0.333. The number of benzene rings is 1. The lowest BCUT2D eigenvalue weighted by Gasteiger charge is -2.24. The Kier molecular flexibility index (Phi) is 3.45. The van der Waals surface area contributed by atoms with Crippen molar-refractivity contribution in [3.8, 4) is 0 Å². The number of rotatable bonds is 3. The van der Waals surface area contributed by atoms with Crippen molar-refractivity contribution in [3.05, 3.63) is 24.3 Å². The molecule has 0 unspecified atom stereocenters. The summed E-state index contributed by atoms with van der Waals surface area (Å²) in [6, 6.07) is 7.95. The van der Waals surface area contributed by atoms with Gasteiger partial charge in [-0.2, -0.15) is 0 Å². The predicted molar refractivity (Wildman–Crippen MR) is 72.3 cm³/mol. The maximum absolute atomic E-state index is 9.96. The third-order valence-corrected chi connectivity index (χ3v) is 3.69. The summed E-state index contributed by atoms with van der Waals surface area (Å²) in [6.45, 7) is 6.12. The van der Waals surface area contributed by atoms with Crippen LogP contribution in [-0.4, -0.2) is 26.9 Å². The van der Waals surface area contributed by atoms with Gasteiger partial charge in [-0.25, -0.2) is 4.98 Å². The van der Waals surface area contributed by atoms with Gasteiger partial charge in [0.15, 0.2) is 5.16 Å². The molecular weight excluding hydrogens is 232 g/mol. The molecule has 1 aromatic heterocycles. The number of hydrogen-bond acceptors (Lipinski definition) is 3. The van der Waals surface area contributed by atoms with Crippen molar-refractivity contribution in [2.24, 2.45) is 5.41 Å². The Morgan fingerprint density at radius 1 is 1.35 bits per heavy atom. The minimum absolute atomic E-state index is 0.0843. The number of imidazole rings is 1. The van der Waals surface area contributed by atoms with E-state index >= 15 is 0 Å². The summed E-state index contributed by atoms with van der Waals surface area (Å²) >= 11 is 1.56. The van der Waals surface area contributed by atoms with Crippen molar-refractivity contribution in [3.63, 3.8) is 0 Å². The molecule has 2 N–H and O–H groups in total. The number of nitrogens with one attached hydrogen (secondary N) is 1. The molecule has 0 saturated carbocycles. The van der Waals surface area contributed by atoms with Crippen LogP contribution in [0, 0.1) is 5.41 Å². The van der Waals surface area contributed by atoms with Gasteiger partial charge in [-0.15, -0.1) is 0 Å². The van der Waals surface area contributed by atoms with E-state index in [1.807, 2.05) is 45.0 Å². The number of aromatic amines is 1. The number of fused-ring (bicyclic) bond motifs is 1. The first-order valence-corrected chi connectivity index (χ1v) is 6.71. The van der Waals surface area contributed by atoms with E-state index in [1.54, 1.807) is 11.8 Å². The average molecular weight is 250 g/mol. The minimum Gasteiger partial charge on any atom is -0.392 e. The largest absolute Gasteiger partial charge is 0.392 e. The molecule has 17 heavy (non-hydrogen) atoms. The zero-order chi connectivity index (χ0) is 12.5. The summed E-state index contributed by atoms with van der Waals surface area (Å²) in [4.78, 5) is 7.71. The zero-order valence-corrected chi connectivity index (χ0v) is 11.2. The molecule has 0 amide bonds. The highest BCUT2D eigenvalue weighted by molar-refractivity contribution is 7.99. The van der Waals surface area contributed by atoms with Crippen LogP contribution in [0.3, 0.4) is 0 Å².